The lowest BCUT2D eigenvalue weighted by Crippen LogP contribution is -2.10. The highest BCUT2D eigenvalue weighted by Crippen LogP contribution is 2.25. The van der Waals surface area contributed by atoms with Crippen molar-refractivity contribution in [1.29, 1.82) is 0 Å². The zero-order valence-electron chi connectivity index (χ0n) is 14.4. The number of hydrogen-bond donors (Lipinski definition) is 0. The molecular formula is C20H23NO2. The summed E-state index contributed by atoms with van der Waals surface area (Å²) in [4.78, 5) is 15.8. The molecule has 0 spiro atoms. The second-order valence-corrected chi connectivity index (χ2v) is 6.75. The number of carbonyl (C=O) groups excluding carboxylic acids is 1. The van der Waals surface area contributed by atoms with Gasteiger partial charge in [0.05, 0.1) is 12.0 Å². The summed E-state index contributed by atoms with van der Waals surface area (Å²) in [5, 5.41) is 0. The zero-order valence-corrected chi connectivity index (χ0v) is 14.4. The first-order chi connectivity index (χ1) is 10.8. The van der Waals surface area contributed by atoms with E-state index < -0.39 is 0 Å². The van der Waals surface area contributed by atoms with E-state index in [0.29, 0.717) is 6.29 Å². The maximum absolute atomic E-state index is 11.1. The molecule has 0 bridgehead atoms. The zero-order chi connectivity index (χ0) is 17.0. The Morgan fingerprint density at radius 1 is 1.04 bits per heavy atom. The molecule has 0 fully saturated rings. The van der Waals surface area contributed by atoms with E-state index in [0.717, 1.165) is 22.5 Å². The molecule has 0 N–H and O–H groups in total. The van der Waals surface area contributed by atoms with Crippen LogP contribution in [0.25, 0.3) is 11.3 Å². The van der Waals surface area contributed by atoms with Gasteiger partial charge in [-0.05, 0) is 30.9 Å². The highest BCUT2D eigenvalue weighted by molar-refractivity contribution is 5.70. The van der Waals surface area contributed by atoms with Crippen LogP contribution >= 0.6 is 0 Å². The lowest BCUT2D eigenvalue weighted by Gasteiger charge is -2.17. The third-order valence-corrected chi connectivity index (χ3v) is 3.59. The Balaban J connectivity index is 2.79. The van der Waals surface area contributed by atoms with Crippen molar-refractivity contribution in [3.63, 3.8) is 0 Å². The smallest absolute Gasteiger partial charge is 0.185 e. The van der Waals surface area contributed by atoms with Crippen LogP contribution in [-0.2, 0) is 5.41 Å². The minimum atomic E-state index is -0.127. The predicted molar refractivity (Wildman–Crippen MR) is 93.1 cm³/mol. The van der Waals surface area contributed by atoms with E-state index in [1.165, 1.54) is 5.56 Å². The summed E-state index contributed by atoms with van der Waals surface area (Å²) in [5.41, 5.74) is 4.67. The van der Waals surface area contributed by atoms with Crippen LogP contribution < -0.4 is 0 Å². The molecule has 0 amide bonds. The molecule has 0 radical (unpaired) electrons. The van der Waals surface area contributed by atoms with Gasteiger partial charge in [0.25, 0.3) is 0 Å². The highest BCUT2D eigenvalue weighted by Gasteiger charge is 2.15. The number of aldehydes is 1. The summed E-state index contributed by atoms with van der Waals surface area (Å²) in [6, 6.07) is 11.9. The molecule has 0 saturated heterocycles. The van der Waals surface area contributed by atoms with E-state index in [1.807, 2.05) is 13.0 Å². The highest BCUT2D eigenvalue weighted by atomic mass is 16.3. The first-order valence-electron chi connectivity index (χ1n) is 7.68. The summed E-state index contributed by atoms with van der Waals surface area (Å²) in [5.74, 6) is 0.256. The molecule has 0 aliphatic carbocycles. The molecule has 2 rings (SSSR count). The SMILES string of the molecule is Cc1ccc(-c2cc(C(C)(C)C)coc(C=O)cc(C)n2)cc1. The van der Waals surface area contributed by atoms with Crippen molar-refractivity contribution in [1.82, 2.24) is 4.98 Å². The van der Waals surface area contributed by atoms with Crippen molar-refractivity contribution in [2.24, 2.45) is 0 Å². The summed E-state index contributed by atoms with van der Waals surface area (Å²) < 4.78 is 5.53. The summed E-state index contributed by atoms with van der Waals surface area (Å²) in [6.07, 6.45) is 2.34. The Hall–Kier alpha value is -2.42. The van der Waals surface area contributed by atoms with Crippen LogP contribution in [0.3, 0.4) is 0 Å². The molecule has 23 heavy (non-hydrogen) atoms. The molecule has 1 aromatic carbocycles. The average molecular weight is 309 g/mol. The molecule has 1 aromatic heterocycles. The number of rotatable bonds is 2. The van der Waals surface area contributed by atoms with Gasteiger partial charge in [0.1, 0.15) is 0 Å². The Morgan fingerprint density at radius 2 is 1.70 bits per heavy atom. The van der Waals surface area contributed by atoms with Crippen molar-refractivity contribution in [2.45, 2.75) is 40.0 Å². The van der Waals surface area contributed by atoms with Crippen molar-refractivity contribution in [2.75, 3.05) is 0 Å². The fraction of sp³-hybridized carbons (Fsp3) is 0.300. The molecule has 3 heteroatoms. The number of aryl methyl sites for hydroxylation is 2. The quantitative estimate of drug-likeness (QED) is 0.717. The van der Waals surface area contributed by atoms with Gasteiger partial charge in [-0.25, -0.2) is 0 Å². The summed E-state index contributed by atoms with van der Waals surface area (Å²) in [6.45, 7) is 10.2. The van der Waals surface area contributed by atoms with Crippen molar-refractivity contribution in [3.05, 3.63) is 65.2 Å². The maximum Gasteiger partial charge on any atom is 0.185 e. The Kier molecular flexibility index (Phi) is 4.99. The molecule has 0 aliphatic heterocycles. The number of nitrogens with zero attached hydrogens (tertiary/aromatic N) is 1. The van der Waals surface area contributed by atoms with Gasteiger partial charge in [-0.1, -0.05) is 50.6 Å². The van der Waals surface area contributed by atoms with E-state index in [2.05, 4.69) is 56.9 Å². The van der Waals surface area contributed by atoms with Gasteiger partial charge in [0.2, 0.25) is 0 Å². The van der Waals surface area contributed by atoms with Gasteiger partial charge in [-0.15, -0.1) is 0 Å². The maximum atomic E-state index is 11.1. The van der Waals surface area contributed by atoms with Crippen LogP contribution in [0.1, 0.15) is 48.1 Å². The number of carbonyl (C=O) groups is 1. The van der Waals surface area contributed by atoms with Crippen molar-refractivity contribution >= 4 is 6.29 Å². The second kappa shape index (κ2) is 6.78. The molecule has 0 unspecified atom stereocenters. The first-order valence-corrected chi connectivity index (χ1v) is 7.68. The Bertz CT molecular complexity index is 748. The largest absolute Gasteiger partial charge is 0.461 e. The molecule has 3 nitrogen and oxygen atoms in total. The minimum absolute atomic E-state index is 0.127. The van der Waals surface area contributed by atoms with E-state index >= 15 is 0 Å². The molecule has 0 aliphatic rings. The van der Waals surface area contributed by atoms with Crippen LogP contribution in [0, 0.1) is 13.8 Å². The van der Waals surface area contributed by atoms with Crippen LogP contribution in [0.5, 0.6) is 0 Å². The second-order valence-electron chi connectivity index (χ2n) is 6.75. The Labute approximate surface area is 137 Å². The third kappa shape index (κ3) is 4.52. The first kappa shape index (κ1) is 16.9. The topological polar surface area (TPSA) is 43.1 Å². The van der Waals surface area contributed by atoms with Crippen molar-refractivity contribution < 1.29 is 9.21 Å². The van der Waals surface area contributed by atoms with E-state index in [4.69, 9.17) is 4.42 Å². The molecular weight excluding hydrogens is 286 g/mol. The van der Waals surface area contributed by atoms with Crippen LogP contribution in [0.4, 0.5) is 0 Å². The van der Waals surface area contributed by atoms with Gasteiger partial charge in [0, 0.05) is 17.3 Å². The normalized spacial score (nSPS) is 11.0. The van der Waals surface area contributed by atoms with Crippen molar-refractivity contribution in [3.8, 4) is 11.3 Å². The molecule has 1 heterocycles. The molecule has 0 atom stereocenters. The van der Waals surface area contributed by atoms with Gasteiger partial charge in [0.15, 0.2) is 12.0 Å². The molecule has 120 valence electrons. The van der Waals surface area contributed by atoms with E-state index in [1.54, 1.807) is 12.3 Å². The average Bonchev–Trinajstić information content (AvgIpc) is 2.56. The van der Waals surface area contributed by atoms with E-state index in [-0.39, 0.29) is 11.2 Å². The lowest BCUT2D eigenvalue weighted by molar-refractivity contribution is 0.109. The molecule has 0 saturated carbocycles. The Morgan fingerprint density at radius 3 is 2.26 bits per heavy atom. The number of benzene rings is 1. The molecule has 2 aromatic rings. The van der Waals surface area contributed by atoms with Crippen LogP contribution in [-0.4, -0.2) is 11.3 Å². The standard InChI is InChI=1S/C20H23NO2/c1-14-6-8-16(9-7-14)19-11-17(20(3,4)5)13-23-18(12-22)10-15(2)21-19/h6-13H,1-5H3. The minimum Gasteiger partial charge on any atom is -0.461 e. The van der Waals surface area contributed by atoms with Crippen LogP contribution in [0.2, 0.25) is 0 Å². The third-order valence-electron chi connectivity index (χ3n) is 3.59. The summed E-state index contributed by atoms with van der Waals surface area (Å²) in [7, 11) is 0. The lowest BCUT2D eigenvalue weighted by atomic mass is 9.88. The predicted octanol–water partition coefficient (Wildman–Crippen LogP) is 5.19. The number of aromatic nitrogens is 1. The monoisotopic (exact) mass is 309 g/mol. The fourth-order valence-corrected chi connectivity index (χ4v) is 2.13. The van der Waals surface area contributed by atoms with Gasteiger partial charge < -0.3 is 4.42 Å². The fourth-order valence-electron chi connectivity index (χ4n) is 2.13. The van der Waals surface area contributed by atoms with E-state index in [9.17, 15) is 4.79 Å². The van der Waals surface area contributed by atoms with Gasteiger partial charge in [-0.3, -0.25) is 9.78 Å². The van der Waals surface area contributed by atoms with Crippen LogP contribution in [0.15, 0.2) is 47.1 Å². The van der Waals surface area contributed by atoms with Gasteiger partial charge >= 0.3 is 0 Å². The van der Waals surface area contributed by atoms with Gasteiger partial charge in [-0.2, -0.15) is 0 Å². The summed E-state index contributed by atoms with van der Waals surface area (Å²) >= 11 is 0. The number of hydrogen-bond acceptors (Lipinski definition) is 3.